The summed E-state index contributed by atoms with van der Waals surface area (Å²) < 4.78 is 5.43. The van der Waals surface area contributed by atoms with E-state index in [1.165, 1.54) is 0 Å². The van der Waals surface area contributed by atoms with Crippen LogP contribution in [0.1, 0.15) is 33.6 Å². The molecule has 0 aromatic carbocycles. The highest BCUT2D eigenvalue weighted by molar-refractivity contribution is 4.87. The number of hydrogen-bond donors (Lipinski definition) is 2. The average Bonchev–Trinajstić information content (AvgIpc) is 2.66. The van der Waals surface area contributed by atoms with Crippen molar-refractivity contribution < 1.29 is 14.9 Å². The molecule has 1 aliphatic rings. The highest BCUT2D eigenvalue weighted by Gasteiger charge is 2.33. The van der Waals surface area contributed by atoms with E-state index >= 15 is 0 Å². The zero-order chi connectivity index (χ0) is 12.1. The molecule has 0 aromatic rings. The molecule has 4 heteroatoms. The summed E-state index contributed by atoms with van der Waals surface area (Å²) in [6.45, 7) is 8.08. The number of aliphatic hydroxyl groups is 2. The van der Waals surface area contributed by atoms with Crippen LogP contribution in [-0.4, -0.2) is 59.2 Å². The molecule has 0 amide bonds. The van der Waals surface area contributed by atoms with Gasteiger partial charge in [0.25, 0.3) is 0 Å². The van der Waals surface area contributed by atoms with Gasteiger partial charge in [-0.15, -0.1) is 0 Å². The molecule has 0 spiro atoms. The minimum Gasteiger partial charge on any atom is -0.392 e. The van der Waals surface area contributed by atoms with Crippen LogP contribution < -0.4 is 0 Å². The van der Waals surface area contributed by atoms with Crippen molar-refractivity contribution in [2.24, 2.45) is 0 Å². The minimum absolute atomic E-state index is 0.0960. The Morgan fingerprint density at radius 1 is 1.44 bits per heavy atom. The number of aliphatic hydroxyl groups excluding tert-OH is 2. The third-order valence-corrected chi connectivity index (χ3v) is 3.39. The Morgan fingerprint density at radius 2 is 2.12 bits per heavy atom. The van der Waals surface area contributed by atoms with Crippen molar-refractivity contribution in [2.75, 3.05) is 19.7 Å². The van der Waals surface area contributed by atoms with Crippen LogP contribution in [0.2, 0.25) is 0 Å². The Balaban J connectivity index is 2.52. The van der Waals surface area contributed by atoms with Gasteiger partial charge in [-0.25, -0.2) is 0 Å². The summed E-state index contributed by atoms with van der Waals surface area (Å²) in [7, 11) is 0. The van der Waals surface area contributed by atoms with Gasteiger partial charge in [0.2, 0.25) is 0 Å². The number of likely N-dealkylation sites (tertiary alicyclic amines) is 1. The molecular weight excluding hydrogens is 206 g/mol. The second-order valence-corrected chi connectivity index (χ2v) is 4.56. The summed E-state index contributed by atoms with van der Waals surface area (Å²) in [5.41, 5.74) is 0. The van der Waals surface area contributed by atoms with Gasteiger partial charge in [0.1, 0.15) is 0 Å². The van der Waals surface area contributed by atoms with Gasteiger partial charge in [0.05, 0.1) is 18.3 Å². The Hall–Kier alpha value is -0.160. The second-order valence-electron chi connectivity index (χ2n) is 4.56. The van der Waals surface area contributed by atoms with Crippen LogP contribution in [0.4, 0.5) is 0 Å². The number of rotatable bonds is 6. The lowest BCUT2D eigenvalue weighted by Crippen LogP contribution is -2.47. The average molecular weight is 231 g/mol. The van der Waals surface area contributed by atoms with E-state index < -0.39 is 6.10 Å². The third-order valence-electron chi connectivity index (χ3n) is 3.39. The van der Waals surface area contributed by atoms with E-state index in [0.29, 0.717) is 13.2 Å². The van der Waals surface area contributed by atoms with Crippen LogP contribution in [0.25, 0.3) is 0 Å². The predicted molar refractivity (Wildman–Crippen MR) is 63.4 cm³/mol. The zero-order valence-electron chi connectivity index (χ0n) is 10.6. The first-order chi connectivity index (χ1) is 7.60. The smallest absolute Gasteiger partial charge is 0.0953 e. The van der Waals surface area contributed by atoms with Crippen molar-refractivity contribution in [1.29, 1.82) is 0 Å². The lowest BCUT2D eigenvalue weighted by molar-refractivity contribution is -0.0614. The first-order valence-electron chi connectivity index (χ1n) is 6.31. The maximum absolute atomic E-state index is 10.2. The monoisotopic (exact) mass is 231 g/mol. The van der Waals surface area contributed by atoms with Gasteiger partial charge in [0.15, 0.2) is 0 Å². The molecule has 0 aliphatic carbocycles. The van der Waals surface area contributed by atoms with E-state index in [1.54, 1.807) is 0 Å². The molecule has 96 valence electrons. The van der Waals surface area contributed by atoms with Gasteiger partial charge in [-0.3, -0.25) is 4.90 Å². The number of β-amino-alcohol motifs (C(OH)–C–C–N with tert-alkyl or cyclic N) is 1. The summed E-state index contributed by atoms with van der Waals surface area (Å²) in [5, 5.41) is 19.7. The maximum atomic E-state index is 10.2. The Kier molecular flexibility index (Phi) is 5.69. The van der Waals surface area contributed by atoms with Crippen molar-refractivity contribution in [3.05, 3.63) is 0 Å². The zero-order valence-corrected chi connectivity index (χ0v) is 10.6. The van der Waals surface area contributed by atoms with Crippen molar-refractivity contribution in [3.63, 3.8) is 0 Å². The first-order valence-corrected chi connectivity index (χ1v) is 6.31. The summed E-state index contributed by atoms with van der Waals surface area (Å²) in [6.07, 6.45) is 0.837. The van der Waals surface area contributed by atoms with Gasteiger partial charge in [-0.1, -0.05) is 6.92 Å². The van der Waals surface area contributed by atoms with Crippen molar-refractivity contribution in [1.82, 2.24) is 4.90 Å². The van der Waals surface area contributed by atoms with Crippen molar-refractivity contribution >= 4 is 0 Å². The molecule has 4 nitrogen and oxygen atoms in total. The van der Waals surface area contributed by atoms with Crippen LogP contribution in [-0.2, 0) is 4.74 Å². The Bertz CT molecular complexity index is 201. The SMILES string of the molecule is CCO[C@@H](C)C(O)C(CC)N1CC[C@H](O)C1. The molecule has 1 fully saturated rings. The normalized spacial score (nSPS) is 27.9. The van der Waals surface area contributed by atoms with Gasteiger partial charge in [0, 0.05) is 25.7 Å². The Morgan fingerprint density at radius 3 is 2.56 bits per heavy atom. The fourth-order valence-corrected chi connectivity index (χ4v) is 2.46. The van der Waals surface area contributed by atoms with Crippen LogP contribution in [0.15, 0.2) is 0 Å². The standard InChI is InChI=1S/C12H25NO3/c1-4-11(12(15)9(3)16-5-2)13-7-6-10(14)8-13/h9-12,14-15H,4-8H2,1-3H3/t9-,10-,11?,12?/m0/s1. The topological polar surface area (TPSA) is 52.9 Å². The van der Waals surface area contributed by atoms with Crippen LogP contribution in [0.3, 0.4) is 0 Å². The van der Waals surface area contributed by atoms with Gasteiger partial charge >= 0.3 is 0 Å². The summed E-state index contributed by atoms with van der Waals surface area (Å²) in [5.74, 6) is 0. The predicted octanol–water partition coefficient (Wildman–Crippen LogP) is 0.617. The summed E-state index contributed by atoms with van der Waals surface area (Å²) in [4.78, 5) is 2.17. The van der Waals surface area contributed by atoms with Crippen molar-refractivity contribution in [3.8, 4) is 0 Å². The number of nitrogens with zero attached hydrogens (tertiary/aromatic N) is 1. The molecule has 16 heavy (non-hydrogen) atoms. The largest absolute Gasteiger partial charge is 0.392 e. The fraction of sp³-hybridized carbons (Fsp3) is 1.00. The number of hydrogen-bond acceptors (Lipinski definition) is 4. The maximum Gasteiger partial charge on any atom is 0.0953 e. The fourth-order valence-electron chi connectivity index (χ4n) is 2.46. The third kappa shape index (κ3) is 3.42. The molecule has 2 N–H and O–H groups in total. The summed E-state index contributed by atoms with van der Waals surface area (Å²) >= 11 is 0. The van der Waals surface area contributed by atoms with Crippen LogP contribution in [0.5, 0.6) is 0 Å². The highest BCUT2D eigenvalue weighted by atomic mass is 16.5. The van der Waals surface area contributed by atoms with E-state index in [9.17, 15) is 10.2 Å². The van der Waals surface area contributed by atoms with Gasteiger partial charge < -0.3 is 14.9 Å². The summed E-state index contributed by atoms with van der Waals surface area (Å²) in [6, 6.07) is 0.0960. The molecule has 1 heterocycles. The molecule has 2 unspecified atom stereocenters. The first kappa shape index (κ1) is 13.9. The Labute approximate surface area is 98.2 Å². The highest BCUT2D eigenvalue weighted by Crippen LogP contribution is 2.19. The molecule has 4 atom stereocenters. The molecular formula is C12H25NO3. The van der Waals surface area contributed by atoms with Crippen molar-refractivity contribution in [2.45, 2.75) is 58.0 Å². The molecule has 1 aliphatic heterocycles. The van der Waals surface area contributed by atoms with E-state index in [1.807, 2.05) is 13.8 Å². The lowest BCUT2D eigenvalue weighted by Gasteiger charge is -2.33. The van der Waals surface area contributed by atoms with Crippen LogP contribution >= 0.6 is 0 Å². The van der Waals surface area contributed by atoms with Gasteiger partial charge in [-0.2, -0.15) is 0 Å². The number of ether oxygens (including phenoxy) is 1. The van der Waals surface area contributed by atoms with E-state index in [4.69, 9.17) is 4.74 Å². The molecule has 0 aromatic heterocycles. The van der Waals surface area contributed by atoms with Gasteiger partial charge in [-0.05, 0) is 26.7 Å². The van der Waals surface area contributed by atoms with Crippen LogP contribution in [0, 0.1) is 0 Å². The second kappa shape index (κ2) is 6.55. The lowest BCUT2D eigenvalue weighted by atomic mass is 10.0. The van der Waals surface area contributed by atoms with E-state index in [0.717, 1.165) is 19.4 Å². The van der Waals surface area contributed by atoms with E-state index in [-0.39, 0.29) is 18.2 Å². The molecule has 1 saturated heterocycles. The quantitative estimate of drug-likeness (QED) is 0.703. The molecule has 0 bridgehead atoms. The minimum atomic E-state index is -0.477. The molecule has 1 rings (SSSR count). The molecule has 0 saturated carbocycles. The molecule has 0 radical (unpaired) electrons. The van der Waals surface area contributed by atoms with E-state index in [2.05, 4.69) is 11.8 Å².